The SMILES string of the molecule is COCC(C)CO[C@H]1C(O)[C@@H](CO)O[C@H]1n1ccc(=O)[nH]c1=O. The third-order valence-corrected chi connectivity index (χ3v) is 3.64. The van der Waals surface area contributed by atoms with Gasteiger partial charge in [-0.25, -0.2) is 4.79 Å². The number of H-pyrrole nitrogens is 1. The van der Waals surface area contributed by atoms with Gasteiger partial charge >= 0.3 is 5.69 Å². The predicted molar refractivity (Wildman–Crippen MR) is 79.1 cm³/mol. The van der Waals surface area contributed by atoms with E-state index in [1.54, 1.807) is 7.11 Å². The number of methoxy groups -OCH3 is 1. The first-order chi connectivity index (χ1) is 11.0. The highest BCUT2D eigenvalue weighted by Crippen LogP contribution is 2.30. The summed E-state index contributed by atoms with van der Waals surface area (Å²) in [7, 11) is 1.58. The Balaban J connectivity index is 2.20. The molecule has 2 rings (SSSR count). The van der Waals surface area contributed by atoms with Crippen molar-refractivity contribution in [2.45, 2.75) is 31.5 Å². The number of aromatic nitrogens is 2. The summed E-state index contributed by atoms with van der Waals surface area (Å²) in [4.78, 5) is 25.2. The van der Waals surface area contributed by atoms with E-state index in [1.165, 1.54) is 12.3 Å². The van der Waals surface area contributed by atoms with Crippen LogP contribution < -0.4 is 11.2 Å². The highest BCUT2D eigenvalue weighted by atomic mass is 16.6. The van der Waals surface area contributed by atoms with Crippen LogP contribution in [0.1, 0.15) is 13.2 Å². The Morgan fingerprint density at radius 1 is 1.43 bits per heavy atom. The van der Waals surface area contributed by atoms with Crippen LogP contribution in [0.4, 0.5) is 0 Å². The third kappa shape index (κ3) is 4.06. The Kier molecular flexibility index (Phi) is 6.08. The zero-order chi connectivity index (χ0) is 17.0. The van der Waals surface area contributed by atoms with Gasteiger partial charge in [0, 0.05) is 25.3 Å². The standard InChI is InChI=1S/C14H22N2O7/c1-8(6-21-2)7-22-12-11(19)9(5-17)23-13(12)16-4-3-10(18)15-14(16)20/h3-4,8-9,11-13,17,19H,5-7H2,1-2H3,(H,15,18,20)/t8?,9-,11?,12+,13-/m1/s1. The topological polar surface area (TPSA) is 123 Å². The molecule has 9 heteroatoms. The lowest BCUT2D eigenvalue weighted by Crippen LogP contribution is -2.40. The Labute approximate surface area is 132 Å². The van der Waals surface area contributed by atoms with Crippen molar-refractivity contribution < 1.29 is 24.4 Å². The maximum absolute atomic E-state index is 11.9. The lowest BCUT2D eigenvalue weighted by molar-refractivity contribution is -0.0842. The van der Waals surface area contributed by atoms with E-state index < -0.39 is 42.4 Å². The molecule has 3 N–H and O–H groups in total. The fraction of sp³-hybridized carbons (Fsp3) is 0.714. The number of nitrogens with zero attached hydrogens (tertiary/aromatic N) is 1. The fourth-order valence-electron chi connectivity index (χ4n) is 2.51. The molecule has 0 radical (unpaired) electrons. The summed E-state index contributed by atoms with van der Waals surface area (Å²) in [6, 6.07) is 1.17. The molecule has 23 heavy (non-hydrogen) atoms. The quantitative estimate of drug-likeness (QED) is 0.553. The van der Waals surface area contributed by atoms with Crippen molar-refractivity contribution in [2.75, 3.05) is 26.9 Å². The Morgan fingerprint density at radius 3 is 2.78 bits per heavy atom. The molecule has 2 unspecified atom stereocenters. The zero-order valence-corrected chi connectivity index (χ0v) is 13.0. The Hall–Kier alpha value is -1.52. The van der Waals surface area contributed by atoms with Crippen molar-refractivity contribution in [2.24, 2.45) is 5.92 Å². The van der Waals surface area contributed by atoms with E-state index in [4.69, 9.17) is 14.2 Å². The molecule has 5 atom stereocenters. The van der Waals surface area contributed by atoms with E-state index in [2.05, 4.69) is 4.98 Å². The van der Waals surface area contributed by atoms with Crippen molar-refractivity contribution in [1.82, 2.24) is 9.55 Å². The third-order valence-electron chi connectivity index (χ3n) is 3.64. The van der Waals surface area contributed by atoms with Gasteiger partial charge in [-0.2, -0.15) is 0 Å². The Bertz CT molecular complexity index is 614. The van der Waals surface area contributed by atoms with Crippen molar-refractivity contribution >= 4 is 0 Å². The fourth-order valence-corrected chi connectivity index (χ4v) is 2.51. The van der Waals surface area contributed by atoms with Gasteiger partial charge in [-0.15, -0.1) is 0 Å². The molecule has 0 amide bonds. The molecule has 0 spiro atoms. The first-order valence-corrected chi connectivity index (χ1v) is 7.34. The summed E-state index contributed by atoms with van der Waals surface area (Å²) in [6.07, 6.45) is -2.50. The monoisotopic (exact) mass is 330 g/mol. The van der Waals surface area contributed by atoms with E-state index in [0.717, 1.165) is 4.57 Å². The van der Waals surface area contributed by atoms with Gasteiger partial charge in [-0.05, 0) is 0 Å². The number of ether oxygens (including phenoxy) is 3. The molecule has 1 saturated heterocycles. The number of aliphatic hydroxyl groups is 2. The average molecular weight is 330 g/mol. The normalized spacial score (nSPS) is 28.9. The zero-order valence-electron chi connectivity index (χ0n) is 13.0. The van der Waals surface area contributed by atoms with Crippen LogP contribution >= 0.6 is 0 Å². The van der Waals surface area contributed by atoms with Crippen LogP contribution in [-0.4, -0.2) is 65.0 Å². The van der Waals surface area contributed by atoms with Gasteiger partial charge in [0.15, 0.2) is 6.23 Å². The molecule has 130 valence electrons. The van der Waals surface area contributed by atoms with E-state index in [-0.39, 0.29) is 12.5 Å². The van der Waals surface area contributed by atoms with Crippen molar-refractivity contribution in [3.8, 4) is 0 Å². The van der Waals surface area contributed by atoms with Crippen LogP contribution in [0, 0.1) is 5.92 Å². The lowest BCUT2D eigenvalue weighted by Gasteiger charge is -2.23. The number of nitrogens with one attached hydrogen (secondary N) is 1. The minimum atomic E-state index is -1.10. The number of hydrogen-bond donors (Lipinski definition) is 3. The van der Waals surface area contributed by atoms with Crippen molar-refractivity contribution in [3.63, 3.8) is 0 Å². The van der Waals surface area contributed by atoms with Crippen LogP contribution in [0.2, 0.25) is 0 Å². The highest BCUT2D eigenvalue weighted by molar-refractivity contribution is 4.94. The summed E-state index contributed by atoms with van der Waals surface area (Å²) in [5.74, 6) is 0.0772. The minimum Gasteiger partial charge on any atom is -0.394 e. The molecular weight excluding hydrogens is 308 g/mol. The van der Waals surface area contributed by atoms with Gasteiger partial charge < -0.3 is 24.4 Å². The molecule has 2 heterocycles. The smallest absolute Gasteiger partial charge is 0.330 e. The van der Waals surface area contributed by atoms with Crippen LogP contribution in [-0.2, 0) is 14.2 Å². The summed E-state index contributed by atoms with van der Waals surface area (Å²) in [5.41, 5.74) is -1.21. The summed E-state index contributed by atoms with van der Waals surface area (Å²) >= 11 is 0. The second-order valence-electron chi connectivity index (χ2n) is 5.61. The van der Waals surface area contributed by atoms with E-state index in [0.29, 0.717) is 6.61 Å². The summed E-state index contributed by atoms with van der Waals surface area (Å²) in [5, 5.41) is 19.5. The largest absolute Gasteiger partial charge is 0.394 e. The van der Waals surface area contributed by atoms with E-state index in [9.17, 15) is 19.8 Å². The van der Waals surface area contributed by atoms with Crippen LogP contribution in [0.3, 0.4) is 0 Å². The number of aromatic amines is 1. The lowest BCUT2D eigenvalue weighted by atomic mass is 10.1. The second-order valence-corrected chi connectivity index (χ2v) is 5.61. The van der Waals surface area contributed by atoms with Gasteiger partial charge in [0.2, 0.25) is 0 Å². The molecule has 1 aromatic heterocycles. The van der Waals surface area contributed by atoms with Crippen LogP contribution in [0.15, 0.2) is 21.9 Å². The minimum absolute atomic E-state index is 0.0772. The summed E-state index contributed by atoms with van der Waals surface area (Å²) in [6.45, 7) is 2.27. The maximum Gasteiger partial charge on any atom is 0.330 e. The van der Waals surface area contributed by atoms with E-state index >= 15 is 0 Å². The molecule has 0 aromatic carbocycles. The number of aliphatic hydroxyl groups excluding tert-OH is 2. The van der Waals surface area contributed by atoms with E-state index in [1.807, 2.05) is 6.92 Å². The molecule has 1 aromatic rings. The maximum atomic E-state index is 11.9. The predicted octanol–water partition coefficient (Wildman–Crippen LogP) is -1.55. The highest BCUT2D eigenvalue weighted by Gasteiger charge is 2.45. The Morgan fingerprint density at radius 2 is 2.17 bits per heavy atom. The van der Waals surface area contributed by atoms with Gasteiger partial charge in [0.05, 0.1) is 19.8 Å². The number of hydrogen-bond acceptors (Lipinski definition) is 7. The molecule has 0 saturated carbocycles. The molecule has 1 aliphatic rings. The first-order valence-electron chi connectivity index (χ1n) is 7.34. The van der Waals surface area contributed by atoms with Crippen molar-refractivity contribution in [3.05, 3.63) is 33.1 Å². The molecule has 0 bridgehead atoms. The molecule has 9 nitrogen and oxygen atoms in total. The van der Waals surface area contributed by atoms with Gasteiger partial charge in [0.1, 0.15) is 18.3 Å². The summed E-state index contributed by atoms with van der Waals surface area (Å²) < 4.78 is 17.4. The number of rotatable bonds is 7. The van der Waals surface area contributed by atoms with Crippen LogP contribution in [0.25, 0.3) is 0 Å². The van der Waals surface area contributed by atoms with Gasteiger partial charge in [0.25, 0.3) is 5.56 Å². The van der Waals surface area contributed by atoms with Gasteiger partial charge in [-0.3, -0.25) is 14.3 Å². The van der Waals surface area contributed by atoms with Gasteiger partial charge in [-0.1, -0.05) is 6.92 Å². The molecule has 0 aliphatic carbocycles. The second kappa shape index (κ2) is 7.84. The molecule has 1 aliphatic heterocycles. The average Bonchev–Trinajstić information content (AvgIpc) is 2.81. The molecular formula is C14H22N2O7. The molecule has 1 fully saturated rings. The first kappa shape index (κ1) is 17.8. The van der Waals surface area contributed by atoms with Crippen LogP contribution in [0.5, 0.6) is 0 Å². The van der Waals surface area contributed by atoms with Crippen molar-refractivity contribution in [1.29, 1.82) is 0 Å².